The van der Waals surface area contributed by atoms with E-state index in [0.717, 1.165) is 18.8 Å². The zero-order valence-corrected chi connectivity index (χ0v) is 15.8. The van der Waals surface area contributed by atoms with E-state index in [4.69, 9.17) is 5.26 Å². The van der Waals surface area contributed by atoms with Crippen molar-refractivity contribution in [3.8, 4) is 6.07 Å². The Labute approximate surface area is 169 Å². The maximum atomic E-state index is 12.7. The van der Waals surface area contributed by atoms with Gasteiger partial charge in [0.1, 0.15) is 11.5 Å². The normalized spacial score (nSPS) is 13.6. The second kappa shape index (κ2) is 8.40. The number of carbonyl (C=O) groups is 1. The summed E-state index contributed by atoms with van der Waals surface area (Å²) in [4.78, 5) is 25.4. The molecule has 3 aromatic rings. The van der Waals surface area contributed by atoms with Crippen molar-refractivity contribution < 1.29 is 4.79 Å². The molecule has 1 N–H and O–H groups in total. The van der Waals surface area contributed by atoms with Gasteiger partial charge in [-0.05, 0) is 36.4 Å². The standard InChI is InChI=1S/C22H20N6O/c23-14-17-6-8-18(9-7-17)26-21-16-24-20(15-25-21)22(29)28-12-10-27(11-13-28)19-4-2-1-3-5-19/h1-9,15-16H,10-13H2,(H,25,26). The summed E-state index contributed by atoms with van der Waals surface area (Å²) in [6.45, 7) is 2.89. The van der Waals surface area contributed by atoms with Crippen LogP contribution in [-0.4, -0.2) is 47.0 Å². The average Bonchev–Trinajstić information content (AvgIpc) is 2.80. The highest BCUT2D eigenvalue weighted by Crippen LogP contribution is 2.17. The van der Waals surface area contributed by atoms with Crippen molar-refractivity contribution in [2.75, 3.05) is 36.4 Å². The molecular formula is C22H20N6O. The maximum absolute atomic E-state index is 12.7. The number of hydrogen-bond donors (Lipinski definition) is 1. The first-order chi connectivity index (χ1) is 14.2. The number of anilines is 3. The van der Waals surface area contributed by atoms with E-state index in [-0.39, 0.29) is 5.91 Å². The molecule has 0 saturated carbocycles. The molecule has 1 aromatic heterocycles. The summed E-state index contributed by atoms with van der Waals surface area (Å²) in [5.41, 5.74) is 2.91. The van der Waals surface area contributed by atoms with Crippen LogP contribution in [0, 0.1) is 11.3 Å². The van der Waals surface area contributed by atoms with Gasteiger partial charge in [-0.25, -0.2) is 9.97 Å². The second-order valence-corrected chi connectivity index (χ2v) is 6.72. The Balaban J connectivity index is 1.35. The van der Waals surface area contributed by atoms with Crippen molar-refractivity contribution in [2.24, 2.45) is 0 Å². The third-order valence-electron chi connectivity index (χ3n) is 4.85. The van der Waals surface area contributed by atoms with Crippen LogP contribution in [0.3, 0.4) is 0 Å². The van der Waals surface area contributed by atoms with E-state index < -0.39 is 0 Å². The molecule has 0 aliphatic carbocycles. The Morgan fingerprint density at radius 1 is 0.931 bits per heavy atom. The minimum Gasteiger partial charge on any atom is -0.368 e. The van der Waals surface area contributed by atoms with Crippen LogP contribution in [0.25, 0.3) is 0 Å². The Bertz CT molecular complexity index is 1000. The fourth-order valence-electron chi connectivity index (χ4n) is 3.25. The van der Waals surface area contributed by atoms with Crippen molar-refractivity contribution in [1.82, 2.24) is 14.9 Å². The van der Waals surface area contributed by atoms with E-state index in [2.05, 4.69) is 38.4 Å². The fourth-order valence-corrected chi connectivity index (χ4v) is 3.25. The van der Waals surface area contributed by atoms with Gasteiger partial charge in [0.15, 0.2) is 0 Å². The number of aromatic nitrogens is 2. The Kier molecular flexibility index (Phi) is 5.34. The van der Waals surface area contributed by atoms with E-state index in [0.29, 0.717) is 30.2 Å². The summed E-state index contributed by atoms with van der Waals surface area (Å²) in [7, 11) is 0. The number of nitrogens with one attached hydrogen (secondary N) is 1. The highest BCUT2D eigenvalue weighted by atomic mass is 16.2. The van der Waals surface area contributed by atoms with E-state index >= 15 is 0 Å². The average molecular weight is 384 g/mol. The molecule has 1 fully saturated rings. The molecule has 0 radical (unpaired) electrons. The lowest BCUT2D eigenvalue weighted by molar-refractivity contribution is 0.0740. The number of benzene rings is 2. The SMILES string of the molecule is N#Cc1ccc(Nc2cnc(C(=O)N3CCN(c4ccccc4)CC3)cn2)cc1. The molecule has 0 bridgehead atoms. The predicted molar refractivity (Wildman–Crippen MR) is 111 cm³/mol. The van der Waals surface area contributed by atoms with E-state index in [9.17, 15) is 4.79 Å². The molecule has 1 amide bonds. The van der Waals surface area contributed by atoms with Crippen molar-refractivity contribution in [3.63, 3.8) is 0 Å². The zero-order chi connectivity index (χ0) is 20.1. The molecule has 7 heteroatoms. The monoisotopic (exact) mass is 384 g/mol. The molecule has 2 aromatic carbocycles. The van der Waals surface area contributed by atoms with Crippen LogP contribution < -0.4 is 10.2 Å². The Morgan fingerprint density at radius 3 is 2.28 bits per heavy atom. The number of nitrogens with zero attached hydrogens (tertiary/aromatic N) is 5. The van der Waals surface area contributed by atoms with Crippen LogP contribution in [0.2, 0.25) is 0 Å². The highest BCUT2D eigenvalue weighted by Gasteiger charge is 2.23. The quantitative estimate of drug-likeness (QED) is 0.744. The number of amides is 1. The molecule has 1 aliphatic rings. The van der Waals surface area contributed by atoms with Crippen LogP contribution in [0.4, 0.5) is 17.2 Å². The zero-order valence-electron chi connectivity index (χ0n) is 15.8. The minimum absolute atomic E-state index is 0.102. The van der Waals surface area contributed by atoms with Gasteiger partial charge in [0.05, 0.1) is 24.0 Å². The smallest absolute Gasteiger partial charge is 0.274 e. The van der Waals surface area contributed by atoms with Crippen molar-refractivity contribution >= 4 is 23.1 Å². The van der Waals surface area contributed by atoms with Crippen LogP contribution in [0.15, 0.2) is 67.0 Å². The minimum atomic E-state index is -0.102. The molecule has 0 spiro atoms. The topological polar surface area (TPSA) is 85.1 Å². The van der Waals surface area contributed by atoms with Gasteiger partial charge in [0, 0.05) is 37.6 Å². The Morgan fingerprint density at radius 2 is 1.66 bits per heavy atom. The molecule has 29 heavy (non-hydrogen) atoms. The number of nitriles is 1. The number of rotatable bonds is 4. The van der Waals surface area contributed by atoms with Crippen molar-refractivity contribution in [1.29, 1.82) is 5.26 Å². The highest BCUT2D eigenvalue weighted by molar-refractivity contribution is 5.92. The van der Waals surface area contributed by atoms with Gasteiger partial charge in [-0.3, -0.25) is 4.79 Å². The molecule has 0 unspecified atom stereocenters. The van der Waals surface area contributed by atoms with Gasteiger partial charge >= 0.3 is 0 Å². The van der Waals surface area contributed by atoms with Crippen LogP contribution in [0.1, 0.15) is 16.1 Å². The fraction of sp³-hybridized carbons (Fsp3) is 0.182. The van der Waals surface area contributed by atoms with Gasteiger partial charge < -0.3 is 15.1 Å². The molecule has 0 atom stereocenters. The largest absolute Gasteiger partial charge is 0.368 e. The first-order valence-electron chi connectivity index (χ1n) is 9.41. The third kappa shape index (κ3) is 4.33. The molecule has 1 aliphatic heterocycles. The van der Waals surface area contributed by atoms with E-state index in [1.165, 1.54) is 11.9 Å². The summed E-state index contributed by atoms with van der Waals surface area (Å²) in [6.07, 6.45) is 3.05. The first kappa shape index (κ1) is 18.4. The molecule has 144 valence electrons. The molecular weight excluding hydrogens is 364 g/mol. The lowest BCUT2D eigenvalue weighted by Crippen LogP contribution is -2.49. The molecule has 1 saturated heterocycles. The predicted octanol–water partition coefficient (Wildman–Crippen LogP) is 3.05. The number of piperazine rings is 1. The van der Waals surface area contributed by atoms with Crippen LogP contribution >= 0.6 is 0 Å². The van der Waals surface area contributed by atoms with Crippen molar-refractivity contribution in [3.05, 3.63) is 78.2 Å². The summed E-state index contributed by atoms with van der Waals surface area (Å²) < 4.78 is 0. The van der Waals surface area contributed by atoms with E-state index in [1.54, 1.807) is 30.5 Å². The van der Waals surface area contributed by atoms with Gasteiger partial charge in [0.25, 0.3) is 5.91 Å². The van der Waals surface area contributed by atoms with Crippen LogP contribution in [-0.2, 0) is 0 Å². The summed E-state index contributed by atoms with van der Waals surface area (Å²) >= 11 is 0. The summed E-state index contributed by atoms with van der Waals surface area (Å²) in [6, 6.07) is 19.3. The number of carbonyl (C=O) groups excluding carboxylic acids is 1. The lowest BCUT2D eigenvalue weighted by Gasteiger charge is -2.35. The summed E-state index contributed by atoms with van der Waals surface area (Å²) in [5.74, 6) is 0.440. The Hall–Kier alpha value is -3.92. The van der Waals surface area contributed by atoms with Gasteiger partial charge in [-0.15, -0.1) is 0 Å². The maximum Gasteiger partial charge on any atom is 0.274 e. The number of para-hydroxylation sites is 1. The molecule has 4 rings (SSSR count). The van der Waals surface area contributed by atoms with Gasteiger partial charge in [-0.2, -0.15) is 5.26 Å². The van der Waals surface area contributed by atoms with Gasteiger partial charge in [-0.1, -0.05) is 18.2 Å². The lowest BCUT2D eigenvalue weighted by atomic mass is 10.2. The number of hydrogen-bond acceptors (Lipinski definition) is 6. The first-order valence-corrected chi connectivity index (χ1v) is 9.41. The molecule has 7 nitrogen and oxygen atoms in total. The van der Waals surface area contributed by atoms with E-state index in [1.807, 2.05) is 23.1 Å². The second-order valence-electron chi connectivity index (χ2n) is 6.72. The molecule has 2 heterocycles. The van der Waals surface area contributed by atoms with Gasteiger partial charge in [0.2, 0.25) is 0 Å². The summed E-state index contributed by atoms with van der Waals surface area (Å²) in [5, 5.41) is 12.0. The third-order valence-corrected chi connectivity index (χ3v) is 4.85. The van der Waals surface area contributed by atoms with Crippen molar-refractivity contribution in [2.45, 2.75) is 0 Å². The van der Waals surface area contributed by atoms with Crippen LogP contribution in [0.5, 0.6) is 0 Å².